The number of allylic oxidation sites excluding steroid dienone is 8. The summed E-state index contributed by atoms with van der Waals surface area (Å²) in [7, 11) is 0. The van der Waals surface area contributed by atoms with E-state index >= 15 is 0 Å². The SMILES string of the molecule is O=C1C(=CC=C/C=C/CC=C2C(=O)c3ccccc3C2=O)C(=O)c2ccccc21. The van der Waals surface area contributed by atoms with Crippen LogP contribution in [0.2, 0.25) is 0 Å². The van der Waals surface area contributed by atoms with E-state index in [1.165, 1.54) is 6.08 Å². The molecule has 0 saturated heterocycles. The zero-order valence-corrected chi connectivity index (χ0v) is 15.4. The summed E-state index contributed by atoms with van der Waals surface area (Å²) in [5.74, 6) is -1.00. The highest BCUT2D eigenvalue weighted by Gasteiger charge is 2.32. The number of fused-ring (bicyclic) bond motifs is 2. The van der Waals surface area contributed by atoms with Crippen molar-refractivity contribution in [3.63, 3.8) is 0 Å². The van der Waals surface area contributed by atoms with E-state index in [4.69, 9.17) is 0 Å². The summed E-state index contributed by atoms with van der Waals surface area (Å²) in [6.07, 6.45) is 10.4. The molecule has 4 rings (SSSR count). The minimum Gasteiger partial charge on any atom is -0.288 e. The van der Waals surface area contributed by atoms with Crippen molar-refractivity contribution in [2.45, 2.75) is 6.42 Å². The van der Waals surface area contributed by atoms with Crippen molar-refractivity contribution in [1.29, 1.82) is 0 Å². The topological polar surface area (TPSA) is 68.3 Å². The van der Waals surface area contributed by atoms with E-state index in [2.05, 4.69) is 0 Å². The number of ketones is 4. The third-order valence-corrected chi connectivity index (χ3v) is 4.89. The lowest BCUT2D eigenvalue weighted by Gasteiger charge is -1.91. The highest BCUT2D eigenvalue weighted by molar-refractivity contribution is 6.40. The molecule has 0 amide bonds. The first-order valence-electron chi connectivity index (χ1n) is 9.20. The minimum atomic E-state index is -0.262. The predicted molar refractivity (Wildman–Crippen MR) is 109 cm³/mol. The van der Waals surface area contributed by atoms with Gasteiger partial charge >= 0.3 is 0 Å². The van der Waals surface area contributed by atoms with Crippen molar-refractivity contribution in [1.82, 2.24) is 0 Å². The first-order valence-corrected chi connectivity index (χ1v) is 9.20. The fraction of sp³-hybridized carbons (Fsp3) is 0.0400. The third kappa shape index (κ3) is 3.25. The molecule has 2 aliphatic rings. The smallest absolute Gasteiger partial charge is 0.197 e. The average Bonchev–Trinajstić information content (AvgIpc) is 3.13. The first-order chi connectivity index (χ1) is 14.1. The van der Waals surface area contributed by atoms with Crippen LogP contribution >= 0.6 is 0 Å². The number of carbonyl (C=O) groups is 4. The fourth-order valence-corrected chi connectivity index (χ4v) is 3.44. The molecule has 2 aromatic carbocycles. The van der Waals surface area contributed by atoms with E-state index in [0.717, 1.165) is 0 Å². The van der Waals surface area contributed by atoms with Gasteiger partial charge in [0, 0.05) is 22.3 Å². The summed E-state index contributed by atoms with van der Waals surface area (Å²) < 4.78 is 0. The number of carbonyl (C=O) groups excluding carboxylic acids is 4. The number of hydrogen-bond donors (Lipinski definition) is 0. The first kappa shape index (κ1) is 18.4. The normalized spacial score (nSPS) is 15.6. The Labute approximate surface area is 167 Å². The molecule has 0 N–H and O–H groups in total. The molecule has 0 heterocycles. The van der Waals surface area contributed by atoms with Gasteiger partial charge in [-0.3, -0.25) is 19.2 Å². The van der Waals surface area contributed by atoms with Crippen molar-refractivity contribution in [2.75, 3.05) is 0 Å². The van der Waals surface area contributed by atoms with Crippen LogP contribution in [0.3, 0.4) is 0 Å². The molecule has 0 radical (unpaired) electrons. The monoisotopic (exact) mass is 380 g/mol. The second kappa shape index (κ2) is 7.60. The van der Waals surface area contributed by atoms with Gasteiger partial charge in [0.1, 0.15) is 0 Å². The highest BCUT2D eigenvalue weighted by Crippen LogP contribution is 2.27. The predicted octanol–water partition coefficient (Wildman–Crippen LogP) is 4.50. The second-order valence-corrected chi connectivity index (χ2v) is 6.65. The van der Waals surface area contributed by atoms with Gasteiger partial charge in [-0.15, -0.1) is 0 Å². The maximum absolute atomic E-state index is 12.3. The largest absolute Gasteiger partial charge is 0.288 e. The molecule has 0 atom stereocenters. The fourth-order valence-electron chi connectivity index (χ4n) is 3.44. The van der Waals surface area contributed by atoms with E-state index in [0.29, 0.717) is 28.7 Å². The van der Waals surface area contributed by atoms with Gasteiger partial charge in [-0.05, 0) is 12.5 Å². The van der Waals surface area contributed by atoms with E-state index in [1.807, 2.05) is 0 Å². The molecule has 0 unspecified atom stereocenters. The Kier molecular flexibility index (Phi) is 4.83. The number of Topliss-reactive ketones (excluding diaryl/α,β-unsaturated/α-hetero) is 4. The Morgan fingerprint density at radius 1 is 0.552 bits per heavy atom. The summed E-state index contributed by atoms with van der Waals surface area (Å²) in [6.45, 7) is 0. The van der Waals surface area contributed by atoms with Crippen molar-refractivity contribution in [3.8, 4) is 0 Å². The van der Waals surface area contributed by atoms with Crippen LogP contribution in [0.5, 0.6) is 0 Å². The molecule has 0 saturated carbocycles. The molecule has 0 aliphatic heterocycles. The molecular formula is C25H16O4. The lowest BCUT2D eigenvalue weighted by molar-refractivity contribution is 0.0973. The Balaban J connectivity index is 1.39. The van der Waals surface area contributed by atoms with Gasteiger partial charge in [0.25, 0.3) is 0 Å². The Bertz CT molecular complexity index is 1110. The van der Waals surface area contributed by atoms with Crippen LogP contribution < -0.4 is 0 Å². The summed E-state index contributed by atoms with van der Waals surface area (Å²) in [5, 5.41) is 0. The maximum atomic E-state index is 12.3. The van der Waals surface area contributed by atoms with Crippen molar-refractivity contribution >= 4 is 23.1 Å². The van der Waals surface area contributed by atoms with Crippen LogP contribution in [0.15, 0.2) is 96.1 Å². The van der Waals surface area contributed by atoms with Gasteiger partial charge in [0.2, 0.25) is 0 Å². The minimum absolute atomic E-state index is 0.151. The number of rotatable bonds is 4. The Morgan fingerprint density at radius 3 is 1.48 bits per heavy atom. The van der Waals surface area contributed by atoms with Crippen LogP contribution in [0, 0.1) is 0 Å². The zero-order valence-electron chi connectivity index (χ0n) is 15.4. The third-order valence-electron chi connectivity index (χ3n) is 4.89. The van der Waals surface area contributed by atoms with Crippen molar-refractivity contribution in [3.05, 3.63) is 118 Å². The summed E-state index contributed by atoms with van der Waals surface area (Å²) in [4.78, 5) is 49.1. The van der Waals surface area contributed by atoms with Gasteiger partial charge in [0.05, 0.1) is 11.1 Å². The molecule has 2 aromatic rings. The molecule has 29 heavy (non-hydrogen) atoms. The summed E-state index contributed by atoms with van der Waals surface area (Å²) >= 11 is 0. The molecule has 0 bridgehead atoms. The molecule has 0 fully saturated rings. The molecule has 2 aliphatic carbocycles. The maximum Gasteiger partial charge on any atom is 0.197 e. The van der Waals surface area contributed by atoms with Crippen LogP contribution in [-0.2, 0) is 0 Å². The van der Waals surface area contributed by atoms with Crippen molar-refractivity contribution < 1.29 is 19.2 Å². The molecule has 4 heteroatoms. The lowest BCUT2D eigenvalue weighted by Crippen LogP contribution is -2.00. The summed E-state index contributed by atoms with van der Waals surface area (Å²) in [5.41, 5.74) is 2.12. The number of hydrogen-bond acceptors (Lipinski definition) is 4. The van der Waals surface area contributed by atoms with Crippen LogP contribution in [0.25, 0.3) is 0 Å². The Morgan fingerprint density at radius 2 is 1.00 bits per heavy atom. The molecule has 140 valence electrons. The van der Waals surface area contributed by atoms with Gasteiger partial charge in [-0.25, -0.2) is 0 Å². The van der Waals surface area contributed by atoms with E-state index < -0.39 is 0 Å². The van der Waals surface area contributed by atoms with Crippen LogP contribution in [0.4, 0.5) is 0 Å². The number of benzene rings is 2. The quantitative estimate of drug-likeness (QED) is 0.445. The average molecular weight is 380 g/mol. The Hall–Kier alpha value is -3.92. The van der Waals surface area contributed by atoms with Crippen molar-refractivity contribution in [2.24, 2.45) is 0 Å². The highest BCUT2D eigenvalue weighted by atomic mass is 16.2. The van der Waals surface area contributed by atoms with E-state index in [1.54, 1.807) is 78.9 Å². The molecule has 4 nitrogen and oxygen atoms in total. The standard InChI is InChI=1S/C25H16O4/c26-22-16-10-6-7-11-17(16)23(27)20(22)14-4-2-1-3-5-15-21-24(28)18-12-8-9-13-19(18)25(21)29/h1-4,6-15H,5H2/b3-1+,4-2?. The van der Waals surface area contributed by atoms with Gasteiger partial charge < -0.3 is 0 Å². The van der Waals surface area contributed by atoms with E-state index in [-0.39, 0.29) is 34.3 Å². The van der Waals surface area contributed by atoms with E-state index in [9.17, 15) is 19.2 Å². The van der Waals surface area contributed by atoms with Crippen LogP contribution in [0.1, 0.15) is 47.9 Å². The molecular weight excluding hydrogens is 364 g/mol. The summed E-state index contributed by atoms with van der Waals surface area (Å²) in [6, 6.07) is 13.6. The molecule has 0 aromatic heterocycles. The van der Waals surface area contributed by atoms with Gasteiger partial charge in [-0.1, -0.05) is 78.9 Å². The van der Waals surface area contributed by atoms with Crippen LogP contribution in [-0.4, -0.2) is 23.1 Å². The van der Waals surface area contributed by atoms with Gasteiger partial charge in [0.15, 0.2) is 23.1 Å². The lowest BCUT2D eigenvalue weighted by atomic mass is 10.1. The second-order valence-electron chi connectivity index (χ2n) is 6.65. The van der Waals surface area contributed by atoms with Gasteiger partial charge in [-0.2, -0.15) is 0 Å². The zero-order chi connectivity index (χ0) is 20.4. The molecule has 0 spiro atoms.